The van der Waals surface area contributed by atoms with Gasteiger partial charge in [0.1, 0.15) is 5.75 Å². The van der Waals surface area contributed by atoms with Gasteiger partial charge in [-0.25, -0.2) is 0 Å². The first-order valence-electron chi connectivity index (χ1n) is 6.95. The fourth-order valence-corrected chi connectivity index (χ4v) is 2.38. The number of nitrogens with one attached hydrogen (secondary N) is 2. The van der Waals surface area contributed by atoms with Crippen LogP contribution < -0.4 is 15.4 Å². The molecule has 4 nitrogen and oxygen atoms in total. The fraction of sp³-hybridized carbons (Fsp3) is 0.533. The minimum atomic E-state index is 0.161. The zero-order valence-electron chi connectivity index (χ0n) is 11.6. The molecule has 2 atom stereocenters. The van der Waals surface area contributed by atoms with Gasteiger partial charge in [-0.05, 0) is 26.3 Å². The zero-order valence-corrected chi connectivity index (χ0v) is 11.6. The lowest BCUT2D eigenvalue weighted by Crippen LogP contribution is -2.36. The highest BCUT2D eigenvalue weighted by molar-refractivity contribution is 5.78. The molecule has 1 heterocycles. The molecule has 19 heavy (non-hydrogen) atoms. The third-order valence-electron chi connectivity index (χ3n) is 3.44. The van der Waals surface area contributed by atoms with E-state index in [2.05, 4.69) is 23.6 Å². The third-order valence-corrected chi connectivity index (χ3v) is 3.44. The van der Waals surface area contributed by atoms with Crippen molar-refractivity contribution in [3.05, 3.63) is 29.8 Å². The first-order chi connectivity index (χ1) is 9.20. The summed E-state index contributed by atoms with van der Waals surface area (Å²) in [6.07, 6.45) is 1.57. The van der Waals surface area contributed by atoms with Crippen LogP contribution in [0, 0.1) is 0 Å². The molecule has 0 radical (unpaired) electrons. The lowest BCUT2D eigenvalue weighted by atomic mass is 10.1. The molecule has 1 amide bonds. The van der Waals surface area contributed by atoms with Crippen molar-refractivity contribution in [2.75, 3.05) is 13.2 Å². The van der Waals surface area contributed by atoms with Gasteiger partial charge in [-0.3, -0.25) is 4.79 Å². The molecule has 2 rings (SSSR count). The fourth-order valence-electron chi connectivity index (χ4n) is 2.38. The molecular weight excluding hydrogens is 240 g/mol. The van der Waals surface area contributed by atoms with Gasteiger partial charge in [0, 0.05) is 30.6 Å². The van der Waals surface area contributed by atoms with Crippen molar-refractivity contribution in [1.29, 1.82) is 0 Å². The summed E-state index contributed by atoms with van der Waals surface area (Å²) in [5.41, 5.74) is 1.16. The van der Waals surface area contributed by atoms with Crippen LogP contribution in [0.15, 0.2) is 24.3 Å². The van der Waals surface area contributed by atoms with Crippen LogP contribution in [0.25, 0.3) is 0 Å². The Morgan fingerprint density at radius 2 is 2.26 bits per heavy atom. The van der Waals surface area contributed by atoms with Crippen LogP contribution in [0.2, 0.25) is 0 Å². The largest absolute Gasteiger partial charge is 0.494 e. The van der Waals surface area contributed by atoms with Crippen LogP contribution in [0.4, 0.5) is 0 Å². The molecule has 4 heteroatoms. The summed E-state index contributed by atoms with van der Waals surface area (Å²) < 4.78 is 5.64. The number of para-hydroxylation sites is 1. The number of carbonyl (C=O) groups is 1. The van der Waals surface area contributed by atoms with E-state index < -0.39 is 0 Å². The van der Waals surface area contributed by atoms with Crippen molar-refractivity contribution in [2.24, 2.45) is 0 Å². The molecular formula is C15H22N2O2. The van der Waals surface area contributed by atoms with Gasteiger partial charge in [-0.2, -0.15) is 0 Å². The van der Waals surface area contributed by atoms with Gasteiger partial charge in [0.25, 0.3) is 0 Å². The van der Waals surface area contributed by atoms with Crippen LogP contribution in [-0.2, 0) is 4.79 Å². The zero-order chi connectivity index (χ0) is 13.7. The predicted molar refractivity (Wildman–Crippen MR) is 75.2 cm³/mol. The maximum Gasteiger partial charge on any atom is 0.220 e. The SMILES string of the molecule is CCOc1ccccc1C(C)NCC1CCC(=O)N1. The number of carbonyl (C=O) groups excluding carboxylic acids is 1. The Labute approximate surface area is 114 Å². The molecule has 0 aliphatic carbocycles. The lowest BCUT2D eigenvalue weighted by Gasteiger charge is -2.20. The summed E-state index contributed by atoms with van der Waals surface area (Å²) in [6, 6.07) is 8.55. The Balaban J connectivity index is 1.92. The molecule has 1 aromatic rings. The molecule has 0 aromatic heterocycles. The van der Waals surface area contributed by atoms with E-state index in [-0.39, 0.29) is 18.0 Å². The Hall–Kier alpha value is -1.55. The number of benzene rings is 1. The van der Waals surface area contributed by atoms with Gasteiger partial charge in [-0.1, -0.05) is 18.2 Å². The number of hydrogen-bond donors (Lipinski definition) is 2. The van der Waals surface area contributed by atoms with Gasteiger partial charge >= 0.3 is 0 Å². The molecule has 2 N–H and O–H groups in total. The number of hydrogen-bond acceptors (Lipinski definition) is 3. The van der Waals surface area contributed by atoms with Crippen molar-refractivity contribution < 1.29 is 9.53 Å². The van der Waals surface area contributed by atoms with E-state index >= 15 is 0 Å². The van der Waals surface area contributed by atoms with Gasteiger partial charge < -0.3 is 15.4 Å². The quantitative estimate of drug-likeness (QED) is 0.824. The third kappa shape index (κ3) is 3.70. The van der Waals surface area contributed by atoms with Crippen LogP contribution in [0.1, 0.15) is 38.3 Å². The van der Waals surface area contributed by atoms with Gasteiger partial charge in [0.15, 0.2) is 0 Å². The number of ether oxygens (including phenoxy) is 1. The lowest BCUT2D eigenvalue weighted by molar-refractivity contribution is -0.119. The van der Waals surface area contributed by atoms with Gasteiger partial charge in [0.2, 0.25) is 5.91 Å². The van der Waals surface area contributed by atoms with E-state index in [1.807, 2.05) is 25.1 Å². The van der Waals surface area contributed by atoms with Crippen molar-refractivity contribution in [1.82, 2.24) is 10.6 Å². The summed E-state index contributed by atoms with van der Waals surface area (Å²) in [5, 5.41) is 6.43. The molecule has 1 aliphatic heterocycles. The molecule has 2 unspecified atom stereocenters. The Morgan fingerprint density at radius 1 is 1.47 bits per heavy atom. The highest BCUT2D eigenvalue weighted by Crippen LogP contribution is 2.24. The van der Waals surface area contributed by atoms with Crippen molar-refractivity contribution >= 4 is 5.91 Å². The second-order valence-electron chi connectivity index (χ2n) is 4.90. The van der Waals surface area contributed by atoms with E-state index in [0.717, 1.165) is 24.3 Å². The number of amides is 1. The second-order valence-corrected chi connectivity index (χ2v) is 4.90. The molecule has 104 valence electrons. The Kier molecular flexibility index (Phi) is 4.80. The molecule has 0 saturated carbocycles. The van der Waals surface area contributed by atoms with E-state index in [0.29, 0.717) is 13.0 Å². The minimum Gasteiger partial charge on any atom is -0.494 e. The van der Waals surface area contributed by atoms with Crippen molar-refractivity contribution in [3.8, 4) is 5.75 Å². The Morgan fingerprint density at radius 3 is 2.95 bits per heavy atom. The van der Waals surface area contributed by atoms with E-state index in [4.69, 9.17) is 4.74 Å². The average Bonchev–Trinajstić information content (AvgIpc) is 2.83. The van der Waals surface area contributed by atoms with Gasteiger partial charge in [-0.15, -0.1) is 0 Å². The summed E-state index contributed by atoms with van der Waals surface area (Å²) in [6.45, 7) is 5.58. The molecule has 0 spiro atoms. The maximum absolute atomic E-state index is 11.1. The molecule has 1 fully saturated rings. The summed E-state index contributed by atoms with van der Waals surface area (Å²) in [7, 11) is 0. The van der Waals surface area contributed by atoms with E-state index in [9.17, 15) is 4.79 Å². The van der Waals surface area contributed by atoms with Crippen LogP contribution in [-0.4, -0.2) is 25.1 Å². The first-order valence-corrected chi connectivity index (χ1v) is 6.95. The predicted octanol–water partition coefficient (Wildman–Crippen LogP) is 2.01. The molecule has 1 saturated heterocycles. The monoisotopic (exact) mass is 262 g/mol. The maximum atomic E-state index is 11.1. The van der Waals surface area contributed by atoms with Crippen LogP contribution in [0.3, 0.4) is 0 Å². The highest BCUT2D eigenvalue weighted by Gasteiger charge is 2.21. The standard InChI is InChI=1S/C15H22N2O2/c1-3-19-14-7-5-4-6-13(14)11(2)16-10-12-8-9-15(18)17-12/h4-7,11-12,16H,3,8-10H2,1-2H3,(H,17,18). The van der Waals surface area contributed by atoms with Crippen molar-refractivity contribution in [2.45, 2.75) is 38.8 Å². The molecule has 1 aromatic carbocycles. The highest BCUT2D eigenvalue weighted by atomic mass is 16.5. The normalized spacial score (nSPS) is 20.1. The second kappa shape index (κ2) is 6.57. The van der Waals surface area contributed by atoms with E-state index in [1.165, 1.54) is 0 Å². The molecule has 1 aliphatic rings. The van der Waals surface area contributed by atoms with Crippen LogP contribution >= 0.6 is 0 Å². The van der Waals surface area contributed by atoms with Crippen LogP contribution in [0.5, 0.6) is 5.75 Å². The average molecular weight is 262 g/mol. The smallest absolute Gasteiger partial charge is 0.220 e. The topological polar surface area (TPSA) is 50.4 Å². The summed E-state index contributed by atoms with van der Waals surface area (Å²) in [5.74, 6) is 1.09. The Bertz CT molecular complexity index is 434. The minimum absolute atomic E-state index is 0.161. The van der Waals surface area contributed by atoms with Gasteiger partial charge in [0.05, 0.1) is 6.61 Å². The first kappa shape index (κ1) is 13.9. The summed E-state index contributed by atoms with van der Waals surface area (Å²) in [4.78, 5) is 11.1. The van der Waals surface area contributed by atoms with E-state index in [1.54, 1.807) is 0 Å². The summed E-state index contributed by atoms with van der Waals surface area (Å²) >= 11 is 0. The number of rotatable bonds is 6. The molecule has 0 bridgehead atoms. The van der Waals surface area contributed by atoms with Crippen molar-refractivity contribution in [3.63, 3.8) is 0 Å².